The molecule has 0 saturated carbocycles. The normalized spacial score (nSPS) is 47.9. The summed E-state index contributed by atoms with van der Waals surface area (Å²) in [5.74, 6) is 0. The molecule has 31 heteroatoms. The zero-order valence-corrected chi connectivity index (χ0v) is 30.5. The highest BCUT2D eigenvalue weighted by Crippen LogP contribution is 2.35. The van der Waals surface area contributed by atoms with E-state index in [0.29, 0.717) is 0 Å². The molecule has 5 fully saturated rings. The van der Waals surface area contributed by atoms with Crippen molar-refractivity contribution in [3.05, 3.63) is 0 Å². The summed E-state index contributed by atoms with van der Waals surface area (Å²) in [5, 5.41) is 116. The van der Waals surface area contributed by atoms with Crippen LogP contribution in [0.25, 0.3) is 0 Å². The van der Waals surface area contributed by atoms with Gasteiger partial charge in [-0.2, -0.15) is 0 Å². The van der Waals surface area contributed by atoms with Gasteiger partial charge in [-0.05, 0) is 0 Å². The number of carbonyl (C=O) groups excluding carboxylic acids is 5. The third-order valence-electron chi connectivity index (χ3n) is 9.56. The molecule has 24 atom stereocenters. The number of aliphatic hydroxyl groups excluding tert-OH is 11. The predicted octanol–water partition coefficient (Wildman–Crippen LogP) is -10.6. The lowest BCUT2D eigenvalue weighted by Crippen LogP contribution is -2.67. The van der Waals surface area contributed by atoms with Crippen molar-refractivity contribution in [2.24, 2.45) is 0 Å². The second-order valence-electron chi connectivity index (χ2n) is 13.3. The van der Waals surface area contributed by atoms with Gasteiger partial charge in [0.2, 0.25) is 31.5 Å². The van der Waals surface area contributed by atoms with Gasteiger partial charge in [0.15, 0.2) is 55.7 Å². The molecule has 0 spiro atoms. The van der Waals surface area contributed by atoms with Gasteiger partial charge in [-0.1, -0.05) is 0 Å². The molecule has 0 aromatic rings. The highest BCUT2D eigenvalue weighted by Gasteiger charge is 2.57. The minimum absolute atomic E-state index is 0.0798. The molecule has 5 aliphatic heterocycles. The standard InChI is InChI=1S/C30H42O31/c31-2-48-26-17(8(37)7(36)1-47-26)53-23-14(43)10(39)18(27(57-23)49-3-32)54-24-15(44)11(40)19(28(58-24)50-4-33)55-25-16(45)12(41)21(30(59-25)52-6-35)61-60-20-9(38)13(42)22(46)56-29(20)51-5-34/h2-30,36-46H,1H2/t7-,8?,9?,10?,11?,12?,13?,14+,15+,16+,17-,18-,19-,20-,21-,22+,23-,24-,25-,26?,27?,28?,29?,30?/m0/s1. The van der Waals surface area contributed by atoms with Gasteiger partial charge >= 0.3 is 0 Å². The van der Waals surface area contributed by atoms with E-state index < -0.39 is 155 Å². The average molecular weight is 899 g/mol. The van der Waals surface area contributed by atoms with E-state index in [0.717, 1.165) is 0 Å². The zero-order chi connectivity index (χ0) is 44.7. The molecule has 5 heterocycles. The predicted molar refractivity (Wildman–Crippen MR) is 167 cm³/mol. The van der Waals surface area contributed by atoms with Gasteiger partial charge in [0.05, 0.1) is 6.61 Å². The Morgan fingerprint density at radius 3 is 1.05 bits per heavy atom. The van der Waals surface area contributed by atoms with Gasteiger partial charge < -0.3 is 118 Å². The molecule has 5 saturated heterocycles. The van der Waals surface area contributed by atoms with E-state index in [4.69, 9.17) is 61.9 Å². The molecular formula is C30H42O31. The number of aliphatic hydroxyl groups is 11. The Kier molecular flexibility index (Phi) is 17.3. The molecule has 0 aromatic heterocycles. The minimum Gasteiger partial charge on any atom is -0.435 e. The van der Waals surface area contributed by atoms with Crippen LogP contribution in [0.15, 0.2) is 0 Å². The number of rotatable bonds is 19. The fraction of sp³-hybridized carbons (Fsp3) is 0.833. The molecule has 11 N–H and O–H groups in total. The number of hydrogen-bond donors (Lipinski definition) is 11. The summed E-state index contributed by atoms with van der Waals surface area (Å²) in [4.78, 5) is 66.0. The molecule has 0 bridgehead atoms. The first-order valence-corrected chi connectivity index (χ1v) is 17.6. The van der Waals surface area contributed by atoms with E-state index in [1.54, 1.807) is 0 Å². The molecule has 0 radical (unpaired) electrons. The van der Waals surface area contributed by atoms with Crippen molar-refractivity contribution in [1.82, 2.24) is 0 Å². The first-order chi connectivity index (χ1) is 29.1. The summed E-state index contributed by atoms with van der Waals surface area (Å²) in [5.41, 5.74) is 0. The molecule has 0 amide bonds. The Balaban J connectivity index is 1.26. The van der Waals surface area contributed by atoms with Crippen molar-refractivity contribution in [3.8, 4) is 0 Å². The first-order valence-electron chi connectivity index (χ1n) is 17.6. The highest BCUT2D eigenvalue weighted by atomic mass is 17.2. The summed E-state index contributed by atoms with van der Waals surface area (Å²) in [6.07, 6.45) is -49.7. The summed E-state index contributed by atoms with van der Waals surface area (Å²) < 4.78 is 66.0. The van der Waals surface area contributed by atoms with Gasteiger partial charge in [0.1, 0.15) is 61.0 Å². The van der Waals surface area contributed by atoms with Crippen molar-refractivity contribution in [2.75, 3.05) is 6.61 Å². The molecule has 5 aliphatic rings. The van der Waals surface area contributed by atoms with Crippen LogP contribution in [0.5, 0.6) is 0 Å². The lowest BCUT2D eigenvalue weighted by molar-refractivity contribution is -0.468. The van der Waals surface area contributed by atoms with Crippen LogP contribution >= 0.6 is 0 Å². The van der Waals surface area contributed by atoms with Crippen molar-refractivity contribution in [1.29, 1.82) is 0 Å². The summed E-state index contributed by atoms with van der Waals surface area (Å²) >= 11 is 0. The molecule has 348 valence electrons. The van der Waals surface area contributed by atoms with Crippen LogP contribution in [0.1, 0.15) is 0 Å². The third kappa shape index (κ3) is 10.7. The van der Waals surface area contributed by atoms with Crippen molar-refractivity contribution in [3.63, 3.8) is 0 Å². The number of ether oxygens (including phenoxy) is 13. The maximum atomic E-state index is 11.5. The van der Waals surface area contributed by atoms with Crippen molar-refractivity contribution < 1.29 is 151 Å². The fourth-order valence-electron chi connectivity index (χ4n) is 6.40. The van der Waals surface area contributed by atoms with E-state index in [1.165, 1.54) is 0 Å². The number of hydrogen-bond acceptors (Lipinski definition) is 31. The molecule has 0 aliphatic carbocycles. The molecule has 11 unspecified atom stereocenters. The fourth-order valence-corrected chi connectivity index (χ4v) is 6.40. The van der Waals surface area contributed by atoms with Crippen LogP contribution in [0.4, 0.5) is 0 Å². The van der Waals surface area contributed by atoms with Crippen LogP contribution in [0.2, 0.25) is 0 Å². The van der Waals surface area contributed by atoms with E-state index in [1.807, 2.05) is 0 Å². The van der Waals surface area contributed by atoms with Gasteiger partial charge in [0.25, 0.3) is 32.4 Å². The lowest BCUT2D eigenvalue weighted by atomic mass is 10.0. The molecule has 0 aromatic carbocycles. The Morgan fingerprint density at radius 1 is 0.344 bits per heavy atom. The SMILES string of the molecule is O=COC1O[C@@H](O)C(O)C(O)[C@@H]1OO[C@@H]1C(OC=O)O[C@H](O[C@@H]2C(OC=O)O[C@H](O[C@@H]3C(OC=O)O[C@H](O[C@@H]4C(OC=O)OC[C@H](O)C4O)[C@H](O)C3O)[C@H](O)C2O)[C@H](O)C1O. The first kappa shape index (κ1) is 48.5. The maximum absolute atomic E-state index is 11.5. The summed E-state index contributed by atoms with van der Waals surface area (Å²) in [7, 11) is 0. The largest absolute Gasteiger partial charge is 0.435 e. The van der Waals surface area contributed by atoms with E-state index in [9.17, 15) is 80.1 Å². The summed E-state index contributed by atoms with van der Waals surface area (Å²) in [6, 6.07) is 0. The third-order valence-corrected chi connectivity index (χ3v) is 9.56. The minimum atomic E-state index is -2.32. The summed E-state index contributed by atoms with van der Waals surface area (Å²) in [6.45, 7) is -1.48. The second-order valence-corrected chi connectivity index (χ2v) is 13.3. The van der Waals surface area contributed by atoms with Crippen molar-refractivity contribution in [2.45, 2.75) is 148 Å². The van der Waals surface area contributed by atoms with E-state index in [2.05, 4.69) is 9.47 Å². The average Bonchev–Trinajstić information content (AvgIpc) is 3.23. The van der Waals surface area contributed by atoms with E-state index in [-0.39, 0.29) is 32.4 Å². The van der Waals surface area contributed by atoms with Crippen LogP contribution in [-0.2, 0) is 95.3 Å². The second kappa shape index (κ2) is 21.7. The van der Waals surface area contributed by atoms with Gasteiger partial charge in [-0.25, -0.2) is 9.78 Å². The monoisotopic (exact) mass is 898 g/mol. The number of carbonyl (C=O) groups is 5. The van der Waals surface area contributed by atoms with Crippen LogP contribution < -0.4 is 0 Å². The highest BCUT2D eigenvalue weighted by molar-refractivity contribution is 5.38. The smallest absolute Gasteiger partial charge is 0.295 e. The van der Waals surface area contributed by atoms with Crippen LogP contribution in [0.3, 0.4) is 0 Å². The van der Waals surface area contributed by atoms with Crippen LogP contribution in [0, 0.1) is 0 Å². The molecule has 31 nitrogen and oxygen atoms in total. The van der Waals surface area contributed by atoms with Gasteiger partial charge in [0, 0.05) is 0 Å². The van der Waals surface area contributed by atoms with Crippen LogP contribution in [-0.4, -0.2) is 243 Å². The van der Waals surface area contributed by atoms with Gasteiger partial charge in [-0.15, -0.1) is 0 Å². The zero-order valence-electron chi connectivity index (χ0n) is 30.5. The van der Waals surface area contributed by atoms with Gasteiger partial charge in [-0.3, -0.25) is 24.0 Å². The topological polar surface area (TPSA) is 446 Å². The maximum Gasteiger partial charge on any atom is 0.295 e. The quantitative estimate of drug-likeness (QED) is 0.0248. The Morgan fingerprint density at radius 2 is 0.656 bits per heavy atom. The Bertz CT molecular complexity index is 1430. The Hall–Kier alpha value is -3.49. The molecular weight excluding hydrogens is 856 g/mol. The molecule has 5 rings (SSSR count). The lowest BCUT2D eigenvalue weighted by Gasteiger charge is -2.47. The molecule has 61 heavy (non-hydrogen) atoms. The van der Waals surface area contributed by atoms with Crippen molar-refractivity contribution >= 4 is 32.4 Å². The Labute approximate surface area is 338 Å². The van der Waals surface area contributed by atoms with E-state index >= 15 is 0 Å².